The zero-order chi connectivity index (χ0) is 22.1. The third-order valence-electron chi connectivity index (χ3n) is 6.58. The van der Waals surface area contributed by atoms with Gasteiger partial charge in [-0.3, -0.25) is 9.69 Å². The van der Waals surface area contributed by atoms with Crippen molar-refractivity contribution in [2.45, 2.75) is 58.7 Å². The highest BCUT2D eigenvalue weighted by Gasteiger charge is 2.43. The third-order valence-corrected chi connectivity index (χ3v) is 6.58. The van der Waals surface area contributed by atoms with Crippen LogP contribution in [0.15, 0.2) is 28.8 Å². The molecule has 2 aromatic rings. The number of rotatable bonds is 6. The number of aromatic nitrogens is 1. The van der Waals surface area contributed by atoms with Crippen LogP contribution in [-0.2, 0) is 4.79 Å². The monoisotopic (exact) mass is 427 g/mol. The van der Waals surface area contributed by atoms with E-state index in [1.165, 1.54) is 5.56 Å². The number of aliphatic hydroxyl groups is 1. The van der Waals surface area contributed by atoms with Crippen molar-refractivity contribution in [2.75, 3.05) is 25.0 Å². The molecular weight excluding hydrogens is 394 g/mol. The van der Waals surface area contributed by atoms with Crippen LogP contribution in [0.25, 0.3) is 0 Å². The number of amides is 1. The van der Waals surface area contributed by atoms with Gasteiger partial charge < -0.3 is 19.7 Å². The first-order valence-electron chi connectivity index (χ1n) is 11.2. The molecule has 1 saturated heterocycles. The van der Waals surface area contributed by atoms with Crippen LogP contribution in [0, 0.1) is 25.7 Å². The summed E-state index contributed by atoms with van der Waals surface area (Å²) in [6.07, 6.45) is 0.806. The Labute approximate surface area is 183 Å². The maximum absolute atomic E-state index is 12.4. The third kappa shape index (κ3) is 5.10. The fraction of sp³-hybridized carbons (Fsp3) is 0.583. The van der Waals surface area contributed by atoms with Crippen LogP contribution in [0.2, 0.25) is 0 Å². The van der Waals surface area contributed by atoms with Gasteiger partial charge in [-0.05, 0) is 61.6 Å². The summed E-state index contributed by atoms with van der Waals surface area (Å²) in [5.74, 6) is 3.12. The van der Waals surface area contributed by atoms with Gasteiger partial charge in [0.15, 0.2) is 5.82 Å². The van der Waals surface area contributed by atoms with Crippen molar-refractivity contribution in [3.8, 4) is 5.75 Å². The van der Waals surface area contributed by atoms with Crippen LogP contribution < -0.4 is 10.1 Å². The number of carbonyl (C=O) groups excluding carboxylic acids is 1. The molecule has 168 valence electrons. The molecule has 31 heavy (non-hydrogen) atoms. The Hall–Kier alpha value is -2.38. The second kappa shape index (κ2) is 9.01. The van der Waals surface area contributed by atoms with Gasteiger partial charge in [0.05, 0.1) is 12.6 Å². The number of likely N-dealkylation sites (tertiary alicyclic amines) is 1. The second-order valence-electron chi connectivity index (χ2n) is 9.46. The van der Waals surface area contributed by atoms with Crippen molar-refractivity contribution in [2.24, 2.45) is 11.8 Å². The highest BCUT2D eigenvalue weighted by atomic mass is 16.5. The Morgan fingerprint density at radius 1 is 1.26 bits per heavy atom. The van der Waals surface area contributed by atoms with E-state index < -0.39 is 6.10 Å². The van der Waals surface area contributed by atoms with Crippen molar-refractivity contribution in [3.63, 3.8) is 0 Å². The number of hydrogen-bond donors (Lipinski definition) is 2. The number of benzene rings is 1. The number of ether oxygens (including phenoxy) is 1. The summed E-state index contributed by atoms with van der Waals surface area (Å²) in [7, 11) is 0. The Morgan fingerprint density at radius 2 is 2.00 bits per heavy atom. The molecule has 1 amide bonds. The second-order valence-corrected chi connectivity index (χ2v) is 9.46. The van der Waals surface area contributed by atoms with Gasteiger partial charge in [0, 0.05) is 19.2 Å². The fourth-order valence-electron chi connectivity index (χ4n) is 4.82. The van der Waals surface area contributed by atoms with Crippen molar-refractivity contribution >= 4 is 11.7 Å². The van der Waals surface area contributed by atoms with Gasteiger partial charge in [-0.15, -0.1) is 0 Å². The minimum absolute atomic E-state index is 0.0959. The van der Waals surface area contributed by atoms with Crippen LogP contribution in [0.5, 0.6) is 5.75 Å². The number of aliphatic hydroxyl groups excluding tert-OH is 1. The first-order valence-corrected chi connectivity index (χ1v) is 11.2. The molecule has 1 aliphatic carbocycles. The average Bonchev–Trinajstić information content (AvgIpc) is 3.28. The maximum atomic E-state index is 12.4. The molecule has 4 rings (SSSR count). The molecule has 0 bridgehead atoms. The van der Waals surface area contributed by atoms with Crippen LogP contribution in [0.4, 0.5) is 5.82 Å². The molecule has 2 fully saturated rings. The van der Waals surface area contributed by atoms with Crippen molar-refractivity contribution in [1.82, 2.24) is 10.1 Å². The molecule has 1 aromatic heterocycles. The summed E-state index contributed by atoms with van der Waals surface area (Å²) in [5, 5.41) is 17.4. The van der Waals surface area contributed by atoms with E-state index in [-0.39, 0.29) is 12.0 Å². The lowest BCUT2D eigenvalue weighted by atomic mass is 9.78. The van der Waals surface area contributed by atoms with Gasteiger partial charge >= 0.3 is 0 Å². The number of aryl methyl sites for hydroxylation is 2. The molecule has 2 heterocycles. The van der Waals surface area contributed by atoms with Gasteiger partial charge in [-0.1, -0.05) is 31.1 Å². The lowest BCUT2D eigenvalue weighted by Gasteiger charge is -2.35. The molecule has 7 heteroatoms. The molecule has 2 aliphatic rings. The smallest absolute Gasteiger partial charge is 0.239 e. The van der Waals surface area contributed by atoms with Gasteiger partial charge in [-0.2, -0.15) is 0 Å². The van der Waals surface area contributed by atoms with E-state index in [9.17, 15) is 9.90 Å². The number of fused-ring (bicyclic) bond motifs is 1. The predicted octanol–water partition coefficient (Wildman–Crippen LogP) is 3.50. The molecule has 7 nitrogen and oxygen atoms in total. The SMILES string of the molecule is Cc1cc(NC(=O)CN2C[C@H]3C[C@@H](Oc4cc(C(C)C)ccc4C)[C@H](O)C[C@H]3C2)no1. The molecule has 1 saturated carbocycles. The number of hydrogen-bond acceptors (Lipinski definition) is 6. The Morgan fingerprint density at radius 3 is 2.68 bits per heavy atom. The summed E-state index contributed by atoms with van der Waals surface area (Å²) >= 11 is 0. The average molecular weight is 428 g/mol. The summed E-state index contributed by atoms with van der Waals surface area (Å²) in [6, 6.07) is 8.04. The lowest BCUT2D eigenvalue weighted by molar-refractivity contribution is -0.117. The van der Waals surface area contributed by atoms with Gasteiger partial charge in [0.1, 0.15) is 17.6 Å². The highest BCUT2D eigenvalue weighted by Crippen LogP contribution is 2.38. The van der Waals surface area contributed by atoms with Crippen LogP contribution in [0.3, 0.4) is 0 Å². The molecule has 2 N–H and O–H groups in total. The Kier molecular flexibility index (Phi) is 6.34. The molecular formula is C24H33N3O4. The van der Waals surface area contributed by atoms with Crippen molar-refractivity contribution in [3.05, 3.63) is 41.2 Å². The quantitative estimate of drug-likeness (QED) is 0.734. The maximum Gasteiger partial charge on any atom is 0.239 e. The molecule has 1 aliphatic heterocycles. The van der Waals surface area contributed by atoms with Crippen LogP contribution in [-0.4, -0.2) is 52.9 Å². The number of anilines is 1. The van der Waals surface area contributed by atoms with E-state index in [4.69, 9.17) is 9.26 Å². The van der Waals surface area contributed by atoms with E-state index in [1.54, 1.807) is 13.0 Å². The number of carbonyl (C=O) groups is 1. The van der Waals surface area contributed by atoms with E-state index in [1.807, 2.05) is 6.92 Å². The summed E-state index contributed by atoms with van der Waals surface area (Å²) < 4.78 is 11.3. The van der Waals surface area contributed by atoms with Gasteiger partial charge in [0.2, 0.25) is 5.91 Å². The predicted molar refractivity (Wildman–Crippen MR) is 118 cm³/mol. The molecule has 0 unspecified atom stereocenters. The zero-order valence-corrected chi connectivity index (χ0v) is 18.8. The van der Waals surface area contributed by atoms with Gasteiger partial charge in [-0.25, -0.2) is 0 Å². The van der Waals surface area contributed by atoms with E-state index in [2.05, 4.69) is 47.4 Å². The van der Waals surface area contributed by atoms with Crippen molar-refractivity contribution < 1.29 is 19.2 Å². The standard InChI is InChI=1S/C24H33N3O4/c1-14(2)17-6-5-15(3)21(9-17)30-22-10-19-12-27(11-18(19)8-20(22)28)13-24(29)25-23-7-16(4)31-26-23/h5-7,9,14,18-20,22,28H,8,10-13H2,1-4H3,(H,25,26,29)/t18-,19+,20+,22+/m0/s1. The first kappa shape index (κ1) is 21.8. The molecule has 0 spiro atoms. The summed E-state index contributed by atoms with van der Waals surface area (Å²) in [4.78, 5) is 14.5. The lowest BCUT2D eigenvalue weighted by Crippen LogP contribution is -2.42. The first-order chi connectivity index (χ1) is 14.8. The normalized spacial score (nSPS) is 26.1. The van der Waals surface area contributed by atoms with Crippen LogP contribution in [0.1, 0.15) is 49.5 Å². The van der Waals surface area contributed by atoms with E-state index in [0.717, 1.165) is 30.8 Å². The number of nitrogens with one attached hydrogen (secondary N) is 1. The van der Waals surface area contributed by atoms with Crippen LogP contribution >= 0.6 is 0 Å². The summed E-state index contributed by atoms with van der Waals surface area (Å²) in [5.41, 5.74) is 2.33. The summed E-state index contributed by atoms with van der Waals surface area (Å²) in [6.45, 7) is 10.1. The minimum Gasteiger partial charge on any atom is -0.487 e. The Balaban J connectivity index is 1.35. The fourth-order valence-corrected chi connectivity index (χ4v) is 4.82. The topological polar surface area (TPSA) is 87.8 Å². The minimum atomic E-state index is -0.491. The van der Waals surface area contributed by atoms with Gasteiger partial charge in [0.25, 0.3) is 0 Å². The Bertz CT molecular complexity index is 925. The zero-order valence-electron chi connectivity index (χ0n) is 18.8. The molecule has 1 aromatic carbocycles. The molecule has 4 atom stereocenters. The van der Waals surface area contributed by atoms with Crippen molar-refractivity contribution in [1.29, 1.82) is 0 Å². The molecule has 0 radical (unpaired) electrons. The highest BCUT2D eigenvalue weighted by molar-refractivity contribution is 5.91. The number of nitrogens with zero attached hydrogens (tertiary/aromatic N) is 2. The van der Waals surface area contributed by atoms with E-state index in [0.29, 0.717) is 42.3 Å². The van der Waals surface area contributed by atoms with E-state index >= 15 is 0 Å². The largest absolute Gasteiger partial charge is 0.487 e.